The monoisotopic (exact) mass is 554 g/mol. The molecule has 0 unspecified atom stereocenters. The fraction of sp³-hybridized carbons (Fsp3) is 0.556. The summed E-state index contributed by atoms with van der Waals surface area (Å²) in [6.45, 7) is 7.01. The number of guanidine groups is 1. The van der Waals surface area contributed by atoms with E-state index in [0.29, 0.717) is 23.8 Å². The smallest absolute Gasteiger partial charge is 0.252 e. The van der Waals surface area contributed by atoms with Crippen LogP contribution in [0.5, 0.6) is 0 Å². The standard InChI is InChI=1S/C18H30N6O2S2.HI/c1-4-24(5-2)28(25,26)17-9-8-16(27-17)10-13-21-18(19-3)20-11-6-14-23-15-7-12-22-23;/h7-9,12,15H,4-6,10-11,13-14H2,1-3H3,(H2,19,20,21);1H. The van der Waals surface area contributed by atoms with Gasteiger partial charge < -0.3 is 10.6 Å². The van der Waals surface area contributed by atoms with Gasteiger partial charge in [0, 0.05) is 57.0 Å². The Kier molecular flexibility index (Phi) is 11.8. The summed E-state index contributed by atoms with van der Waals surface area (Å²) in [4.78, 5) is 5.25. The highest BCUT2D eigenvalue weighted by molar-refractivity contribution is 14.0. The third kappa shape index (κ3) is 7.87. The van der Waals surface area contributed by atoms with E-state index < -0.39 is 10.0 Å². The topological polar surface area (TPSA) is 91.6 Å². The van der Waals surface area contributed by atoms with Gasteiger partial charge in [-0.25, -0.2) is 8.42 Å². The van der Waals surface area contributed by atoms with Gasteiger partial charge >= 0.3 is 0 Å². The van der Waals surface area contributed by atoms with Crippen molar-refractivity contribution in [2.45, 2.75) is 37.4 Å². The third-order valence-corrected chi connectivity index (χ3v) is 7.90. The number of thiophene rings is 1. The van der Waals surface area contributed by atoms with Crippen LogP contribution in [0.15, 0.2) is 39.8 Å². The molecule has 0 saturated heterocycles. The zero-order valence-corrected chi connectivity index (χ0v) is 21.1. The minimum Gasteiger partial charge on any atom is -0.356 e. The summed E-state index contributed by atoms with van der Waals surface area (Å²) in [5.74, 6) is 0.744. The van der Waals surface area contributed by atoms with Crippen molar-refractivity contribution < 1.29 is 8.42 Å². The van der Waals surface area contributed by atoms with E-state index in [2.05, 4.69) is 20.7 Å². The summed E-state index contributed by atoms with van der Waals surface area (Å²) in [5, 5.41) is 10.7. The summed E-state index contributed by atoms with van der Waals surface area (Å²) in [7, 11) is -1.63. The van der Waals surface area contributed by atoms with Crippen LogP contribution in [0.4, 0.5) is 0 Å². The lowest BCUT2D eigenvalue weighted by Crippen LogP contribution is -2.38. The zero-order valence-electron chi connectivity index (χ0n) is 17.2. The van der Waals surface area contributed by atoms with E-state index in [0.717, 1.165) is 36.8 Å². The first-order valence-corrected chi connectivity index (χ1v) is 11.8. The average Bonchev–Trinajstić information content (AvgIpc) is 3.36. The van der Waals surface area contributed by atoms with Crippen LogP contribution in [-0.4, -0.2) is 61.7 Å². The van der Waals surface area contributed by atoms with Crippen LogP contribution < -0.4 is 10.6 Å². The Hall–Kier alpha value is -1.18. The number of aromatic nitrogens is 2. The minimum atomic E-state index is -3.37. The summed E-state index contributed by atoms with van der Waals surface area (Å²) in [6, 6.07) is 5.51. The second kappa shape index (κ2) is 13.2. The average molecular weight is 555 g/mol. The maximum Gasteiger partial charge on any atom is 0.252 e. The Morgan fingerprint density at radius 3 is 2.59 bits per heavy atom. The van der Waals surface area contributed by atoms with Crippen LogP contribution in [0, 0.1) is 0 Å². The number of hydrogen-bond acceptors (Lipinski definition) is 5. The number of nitrogens with zero attached hydrogens (tertiary/aromatic N) is 4. The summed E-state index contributed by atoms with van der Waals surface area (Å²) >= 11 is 1.34. The number of halogens is 1. The second-order valence-electron chi connectivity index (χ2n) is 6.11. The highest BCUT2D eigenvalue weighted by Gasteiger charge is 2.23. The van der Waals surface area contributed by atoms with Crippen molar-refractivity contribution in [2.24, 2.45) is 4.99 Å². The molecule has 0 fully saturated rings. The fourth-order valence-electron chi connectivity index (χ4n) is 2.73. The molecule has 0 aliphatic rings. The number of aryl methyl sites for hydroxylation is 1. The van der Waals surface area contributed by atoms with Crippen molar-refractivity contribution in [2.75, 3.05) is 33.2 Å². The second-order valence-corrected chi connectivity index (χ2v) is 9.44. The predicted molar refractivity (Wildman–Crippen MR) is 130 cm³/mol. The van der Waals surface area contributed by atoms with Crippen molar-refractivity contribution in [1.29, 1.82) is 0 Å². The molecule has 2 aromatic heterocycles. The lowest BCUT2D eigenvalue weighted by molar-refractivity contribution is 0.447. The molecule has 0 aliphatic heterocycles. The molecule has 0 bridgehead atoms. The largest absolute Gasteiger partial charge is 0.356 e. The molecular weight excluding hydrogens is 523 g/mol. The van der Waals surface area contributed by atoms with E-state index >= 15 is 0 Å². The van der Waals surface area contributed by atoms with Crippen LogP contribution in [0.1, 0.15) is 25.1 Å². The number of rotatable bonds is 11. The van der Waals surface area contributed by atoms with Crippen LogP contribution >= 0.6 is 35.3 Å². The minimum absolute atomic E-state index is 0. The van der Waals surface area contributed by atoms with Crippen LogP contribution in [-0.2, 0) is 23.0 Å². The van der Waals surface area contributed by atoms with Crippen LogP contribution in [0.25, 0.3) is 0 Å². The van der Waals surface area contributed by atoms with Crippen molar-refractivity contribution in [3.05, 3.63) is 35.5 Å². The fourth-order valence-corrected chi connectivity index (χ4v) is 5.69. The summed E-state index contributed by atoms with van der Waals surface area (Å²) in [6.07, 6.45) is 5.41. The molecule has 11 heteroatoms. The zero-order chi connectivity index (χ0) is 20.4. The molecule has 8 nitrogen and oxygen atoms in total. The molecule has 2 N–H and O–H groups in total. The molecule has 2 aromatic rings. The first kappa shape index (κ1) is 25.9. The van der Waals surface area contributed by atoms with Gasteiger partial charge in [-0.3, -0.25) is 9.67 Å². The van der Waals surface area contributed by atoms with Gasteiger partial charge in [-0.1, -0.05) is 13.8 Å². The van der Waals surface area contributed by atoms with Gasteiger partial charge in [-0.05, 0) is 31.0 Å². The molecule has 2 heterocycles. The molecule has 0 spiro atoms. The molecule has 0 aliphatic carbocycles. The number of hydrogen-bond donors (Lipinski definition) is 2. The Labute approximate surface area is 194 Å². The molecule has 0 radical (unpaired) electrons. The van der Waals surface area contributed by atoms with Gasteiger partial charge in [-0.2, -0.15) is 9.40 Å². The number of aliphatic imine (C=N–C) groups is 1. The molecule has 2 rings (SSSR count). The van der Waals surface area contributed by atoms with Crippen LogP contribution in [0.2, 0.25) is 0 Å². The molecule has 0 atom stereocenters. The molecule has 0 amide bonds. The van der Waals surface area contributed by atoms with E-state index in [4.69, 9.17) is 0 Å². The molecular formula is C18H31IN6O2S2. The number of nitrogens with one attached hydrogen (secondary N) is 2. The van der Waals surface area contributed by atoms with Crippen molar-refractivity contribution in [1.82, 2.24) is 24.7 Å². The van der Waals surface area contributed by atoms with Crippen molar-refractivity contribution >= 4 is 51.3 Å². The van der Waals surface area contributed by atoms with Crippen molar-refractivity contribution in [3.63, 3.8) is 0 Å². The Morgan fingerprint density at radius 1 is 1.24 bits per heavy atom. The molecule has 164 valence electrons. The van der Waals surface area contributed by atoms with Gasteiger partial charge in [-0.15, -0.1) is 35.3 Å². The van der Waals surface area contributed by atoms with E-state index in [1.807, 2.05) is 36.9 Å². The van der Waals surface area contributed by atoms with E-state index in [1.165, 1.54) is 15.6 Å². The number of sulfonamides is 1. The molecule has 0 aromatic carbocycles. The van der Waals surface area contributed by atoms with Gasteiger partial charge in [0.15, 0.2) is 5.96 Å². The highest BCUT2D eigenvalue weighted by atomic mass is 127. The normalized spacial score (nSPS) is 12.1. The third-order valence-electron chi connectivity index (χ3n) is 4.24. The SMILES string of the molecule is CCN(CC)S(=O)(=O)c1ccc(CCNC(=NC)NCCCn2cccn2)s1.I. The highest BCUT2D eigenvalue weighted by Crippen LogP contribution is 2.25. The van der Waals surface area contributed by atoms with Gasteiger partial charge in [0.25, 0.3) is 10.0 Å². The van der Waals surface area contributed by atoms with Gasteiger partial charge in [0.1, 0.15) is 4.21 Å². The van der Waals surface area contributed by atoms with Crippen LogP contribution in [0.3, 0.4) is 0 Å². The quantitative estimate of drug-likeness (QED) is 0.193. The van der Waals surface area contributed by atoms with Gasteiger partial charge in [0.2, 0.25) is 0 Å². The van der Waals surface area contributed by atoms with E-state index in [-0.39, 0.29) is 24.0 Å². The summed E-state index contributed by atoms with van der Waals surface area (Å²) in [5.41, 5.74) is 0. The lowest BCUT2D eigenvalue weighted by Gasteiger charge is -2.16. The van der Waals surface area contributed by atoms with Gasteiger partial charge in [0.05, 0.1) is 0 Å². The maximum atomic E-state index is 12.6. The lowest BCUT2D eigenvalue weighted by atomic mass is 10.3. The van der Waals surface area contributed by atoms with E-state index in [1.54, 1.807) is 19.3 Å². The summed E-state index contributed by atoms with van der Waals surface area (Å²) < 4.78 is 28.9. The molecule has 0 saturated carbocycles. The van der Waals surface area contributed by atoms with Crippen molar-refractivity contribution in [3.8, 4) is 0 Å². The predicted octanol–water partition coefficient (Wildman–Crippen LogP) is 2.39. The Bertz CT molecular complexity index is 832. The Morgan fingerprint density at radius 2 is 1.97 bits per heavy atom. The Balaban J connectivity index is 0.00000420. The maximum absolute atomic E-state index is 12.6. The molecule has 29 heavy (non-hydrogen) atoms. The first-order chi connectivity index (χ1) is 13.5. The van der Waals surface area contributed by atoms with E-state index in [9.17, 15) is 8.42 Å². The first-order valence-electron chi connectivity index (χ1n) is 9.52.